The van der Waals surface area contributed by atoms with Crippen molar-refractivity contribution in [2.24, 2.45) is 7.05 Å². The lowest BCUT2D eigenvalue weighted by Gasteiger charge is -2.07. The van der Waals surface area contributed by atoms with Gasteiger partial charge in [-0.2, -0.15) is 0 Å². The van der Waals surface area contributed by atoms with E-state index in [1.807, 2.05) is 0 Å². The maximum absolute atomic E-state index is 12.9. The molecule has 0 fully saturated rings. The average Bonchev–Trinajstić information content (AvgIpc) is 2.91. The van der Waals surface area contributed by atoms with Crippen LogP contribution in [0, 0.1) is 27.2 Å². The summed E-state index contributed by atoms with van der Waals surface area (Å²) in [6.07, 6.45) is 0. The SMILES string of the molecule is Cc1c(NC(=O)c2cc([N+](=O)[O-])cc([N+](=O)[O-])c2Cl)c(=O)n(-c2ccccc2)n1C. The highest BCUT2D eigenvalue weighted by atomic mass is 35.5. The number of halogens is 1. The predicted octanol–water partition coefficient (Wildman–Crippen LogP) is 3.21. The summed E-state index contributed by atoms with van der Waals surface area (Å²) >= 11 is 5.94. The van der Waals surface area contributed by atoms with Gasteiger partial charge in [0, 0.05) is 13.1 Å². The van der Waals surface area contributed by atoms with Gasteiger partial charge in [0.15, 0.2) is 0 Å². The number of para-hydroxylation sites is 1. The summed E-state index contributed by atoms with van der Waals surface area (Å²) in [5.74, 6) is -0.988. The van der Waals surface area contributed by atoms with E-state index >= 15 is 0 Å². The van der Waals surface area contributed by atoms with Crippen LogP contribution in [-0.2, 0) is 7.05 Å². The van der Waals surface area contributed by atoms with Gasteiger partial charge in [-0.15, -0.1) is 0 Å². The van der Waals surface area contributed by atoms with E-state index in [9.17, 15) is 29.8 Å². The number of anilines is 1. The van der Waals surface area contributed by atoms with Gasteiger partial charge >= 0.3 is 0 Å². The quantitative estimate of drug-likeness (QED) is 0.485. The zero-order valence-electron chi connectivity index (χ0n) is 15.7. The van der Waals surface area contributed by atoms with Crippen molar-refractivity contribution in [3.05, 3.63) is 89.3 Å². The Kier molecular flexibility index (Phi) is 5.39. The number of hydrogen-bond donors (Lipinski definition) is 1. The van der Waals surface area contributed by atoms with Crippen LogP contribution in [0.15, 0.2) is 47.3 Å². The Morgan fingerprint density at radius 2 is 1.73 bits per heavy atom. The maximum Gasteiger partial charge on any atom is 0.295 e. The van der Waals surface area contributed by atoms with Gasteiger partial charge in [-0.25, -0.2) is 4.68 Å². The third-order valence-corrected chi connectivity index (χ3v) is 4.88. The molecule has 12 heteroatoms. The Bertz CT molecular complexity index is 1250. The van der Waals surface area contributed by atoms with Crippen molar-refractivity contribution in [2.75, 3.05) is 5.32 Å². The Labute approximate surface area is 173 Å². The van der Waals surface area contributed by atoms with Crippen LogP contribution in [-0.4, -0.2) is 25.1 Å². The molecule has 11 nitrogen and oxygen atoms in total. The molecule has 0 bridgehead atoms. The molecule has 1 N–H and O–H groups in total. The number of nitrogens with zero attached hydrogens (tertiary/aromatic N) is 4. The van der Waals surface area contributed by atoms with E-state index in [-0.39, 0.29) is 5.69 Å². The summed E-state index contributed by atoms with van der Waals surface area (Å²) in [4.78, 5) is 46.1. The number of carbonyl (C=O) groups is 1. The average molecular weight is 432 g/mol. The smallest absolute Gasteiger partial charge is 0.295 e. The van der Waals surface area contributed by atoms with Crippen molar-refractivity contribution in [3.63, 3.8) is 0 Å². The standard InChI is InChI=1S/C18H14ClN5O6/c1-10-16(18(26)22(21(10)2)11-6-4-3-5-7-11)20-17(25)13-8-12(23(27)28)9-14(15(13)19)24(29)30/h3-9H,1-2H3,(H,20,25). The van der Waals surface area contributed by atoms with Crippen molar-refractivity contribution < 1.29 is 14.6 Å². The second kappa shape index (κ2) is 7.79. The third-order valence-electron chi connectivity index (χ3n) is 4.48. The molecule has 0 atom stereocenters. The van der Waals surface area contributed by atoms with Gasteiger partial charge in [0.25, 0.3) is 22.8 Å². The number of benzene rings is 2. The number of aromatic nitrogens is 2. The molecule has 0 aliphatic rings. The summed E-state index contributed by atoms with van der Waals surface area (Å²) in [6.45, 7) is 1.59. The summed E-state index contributed by atoms with van der Waals surface area (Å²) in [7, 11) is 1.62. The lowest BCUT2D eigenvalue weighted by Crippen LogP contribution is -2.23. The molecule has 3 rings (SSSR count). The van der Waals surface area contributed by atoms with Crippen LogP contribution in [0.3, 0.4) is 0 Å². The fourth-order valence-corrected chi connectivity index (χ4v) is 3.15. The molecule has 154 valence electrons. The highest BCUT2D eigenvalue weighted by Gasteiger charge is 2.28. The fourth-order valence-electron chi connectivity index (χ4n) is 2.89. The van der Waals surface area contributed by atoms with Crippen LogP contribution in [0.2, 0.25) is 5.02 Å². The predicted molar refractivity (Wildman–Crippen MR) is 108 cm³/mol. The lowest BCUT2D eigenvalue weighted by atomic mass is 10.1. The first-order valence-corrected chi connectivity index (χ1v) is 8.79. The van der Waals surface area contributed by atoms with Crippen molar-refractivity contribution in [1.29, 1.82) is 0 Å². The van der Waals surface area contributed by atoms with Crippen LogP contribution in [0.4, 0.5) is 17.1 Å². The summed E-state index contributed by atoms with van der Waals surface area (Å²) in [5.41, 5.74) is -1.65. The van der Waals surface area contributed by atoms with E-state index in [1.54, 1.807) is 44.3 Å². The molecule has 0 radical (unpaired) electrons. The van der Waals surface area contributed by atoms with E-state index < -0.39 is 43.3 Å². The number of non-ortho nitro benzene ring substituents is 1. The molecule has 0 aliphatic carbocycles. The van der Waals surface area contributed by atoms with E-state index in [4.69, 9.17) is 11.6 Å². The van der Waals surface area contributed by atoms with Gasteiger partial charge in [0.2, 0.25) is 0 Å². The number of carbonyl (C=O) groups excluding carboxylic acids is 1. The Morgan fingerprint density at radius 1 is 1.10 bits per heavy atom. The van der Waals surface area contributed by atoms with Crippen LogP contribution in [0.1, 0.15) is 16.1 Å². The number of hydrogen-bond acceptors (Lipinski definition) is 6. The molecular formula is C18H14ClN5O6. The molecule has 0 unspecified atom stereocenters. The third kappa shape index (κ3) is 3.53. The molecule has 30 heavy (non-hydrogen) atoms. The van der Waals surface area contributed by atoms with E-state index in [1.165, 1.54) is 9.36 Å². The van der Waals surface area contributed by atoms with Gasteiger partial charge in [-0.3, -0.25) is 34.5 Å². The van der Waals surface area contributed by atoms with Gasteiger partial charge in [0.05, 0.1) is 32.9 Å². The minimum absolute atomic E-state index is 0.0865. The van der Waals surface area contributed by atoms with Crippen molar-refractivity contribution >= 4 is 34.6 Å². The van der Waals surface area contributed by atoms with Crippen LogP contribution in [0.5, 0.6) is 0 Å². The molecule has 0 aliphatic heterocycles. The lowest BCUT2D eigenvalue weighted by molar-refractivity contribution is -0.394. The molecule has 1 amide bonds. The molecule has 1 aromatic heterocycles. The highest BCUT2D eigenvalue weighted by Crippen LogP contribution is 2.33. The molecule has 0 saturated carbocycles. The van der Waals surface area contributed by atoms with Gasteiger partial charge < -0.3 is 5.32 Å². The second-order valence-corrected chi connectivity index (χ2v) is 6.61. The zero-order chi connectivity index (χ0) is 22.2. The number of nitrogens with one attached hydrogen (secondary N) is 1. The van der Waals surface area contributed by atoms with Gasteiger partial charge in [0.1, 0.15) is 10.7 Å². The monoisotopic (exact) mass is 431 g/mol. The first-order chi connectivity index (χ1) is 14.1. The minimum atomic E-state index is -0.988. The van der Waals surface area contributed by atoms with Crippen LogP contribution >= 0.6 is 11.6 Å². The second-order valence-electron chi connectivity index (χ2n) is 6.23. The Hall–Kier alpha value is -3.99. The zero-order valence-corrected chi connectivity index (χ0v) is 16.4. The first kappa shape index (κ1) is 20.7. The molecule has 3 aromatic rings. The van der Waals surface area contributed by atoms with Crippen LogP contribution < -0.4 is 10.9 Å². The minimum Gasteiger partial charge on any atom is -0.316 e. The Morgan fingerprint density at radius 3 is 2.30 bits per heavy atom. The maximum atomic E-state index is 12.9. The van der Waals surface area contributed by atoms with Crippen LogP contribution in [0.25, 0.3) is 5.69 Å². The Balaban J connectivity index is 2.09. The number of nitro groups is 2. The largest absolute Gasteiger partial charge is 0.316 e. The summed E-state index contributed by atoms with van der Waals surface area (Å²) < 4.78 is 2.84. The number of rotatable bonds is 5. The highest BCUT2D eigenvalue weighted by molar-refractivity contribution is 6.36. The van der Waals surface area contributed by atoms with Gasteiger partial charge in [-0.05, 0) is 19.1 Å². The topological polar surface area (TPSA) is 142 Å². The molecule has 1 heterocycles. The van der Waals surface area contributed by atoms with E-state index in [2.05, 4.69) is 5.32 Å². The summed E-state index contributed by atoms with van der Waals surface area (Å²) in [5, 5.41) is 24.0. The van der Waals surface area contributed by atoms with Crippen molar-refractivity contribution in [1.82, 2.24) is 9.36 Å². The molecule has 2 aromatic carbocycles. The van der Waals surface area contributed by atoms with Crippen molar-refractivity contribution in [3.8, 4) is 5.69 Å². The molecule has 0 saturated heterocycles. The van der Waals surface area contributed by atoms with E-state index in [0.717, 1.165) is 6.07 Å². The number of nitro benzene ring substituents is 2. The number of amides is 1. The fraction of sp³-hybridized carbons (Fsp3) is 0.111. The normalized spacial score (nSPS) is 10.6. The first-order valence-electron chi connectivity index (χ1n) is 8.41. The van der Waals surface area contributed by atoms with E-state index in [0.29, 0.717) is 17.4 Å². The molecule has 0 spiro atoms. The summed E-state index contributed by atoms with van der Waals surface area (Å²) in [6, 6.07) is 10.1. The molecular weight excluding hydrogens is 418 g/mol. The van der Waals surface area contributed by atoms with Crippen molar-refractivity contribution in [2.45, 2.75) is 6.92 Å². The van der Waals surface area contributed by atoms with Gasteiger partial charge in [-0.1, -0.05) is 29.8 Å².